The van der Waals surface area contributed by atoms with Gasteiger partial charge in [-0.25, -0.2) is 0 Å². The summed E-state index contributed by atoms with van der Waals surface area (Å²) in [4.78, 5) is 0. The first-order valence-corrected chi connectivity index (χ1v) is 4.19. The molecule has 0 aromatic rings. The summed E-state index contributed by atoms with van der Waals surface area (Å²) in [5.74, 6) is 0. The Labute approximate surface area is 50.4 Å². The van der Waals surface area contributed by atoms with Crippen molar-refractivity contribution in [3.05, 3.63) is 0 Å². The number of hydrogen-bond acceptors (Lipinski definition) is 2. The third kappa shape index (κ3) is 2.08. The first-order chi connectivity index (χ1) is 3.97. The molecule has 2 nitrogen and oxygen atoms in total. The Hall–Kier alpha value is 0.140. The van der Waals surface area contributed by atoms with Gasteiger partial charge in [0.15, 0.2) is 0 Å². The van der Waals surface area contributed by atoms with Crippen LogP contribution in [-0.2, 0) is 9.05 Å². The first-order valence-electron chi connectivity index (χ1n) is 2.45. The zero-order chi connectivity index (χ0) is 6.98. The Bertz CT molecular complexity index is 110. The van der Waals surface area contributed by atoms with Crippen LogP contribution in [0.3, 0.4) is 0 Å². The van der Waals surface area contributed by atoms with Gasteiger partial charge < -0.3 is 0 Å². The van der Waals surface area contributed by atoms with E-state index in [1.807, 2.05) is 0 Å². The Morgan fingerprint density at radius 1 is 1.00 bits per heavy atom. The fraction of sp³-hybridized carbons (Fsp3) is 1.00. The molecule has 9 heavy (non-hydrogen) atoms. The van der Waals surface area contributed by atoms with Gasteiger partial charge in [-0.15, -0.1) is 0 Å². The molecule has 1 aliphatic rings. The van der Waals surface area contributed by atoms with Crippen LogP contribution in [0.1, 0.15) is 6.42 Å². The van der Waals surface area contributed by atoms with E-state index in [1.54, 1.807) is 0 Å². The van der Waals surface area contributed by atoms with E-state index < -0.39 is 7.99 Å². The molecule has 0 aromatic carbocycles. The molecule has 0 unspecified atom stereocenters. The normalized spacial score (nSPS) is 36.6. The van der Waals surface area contributed by atoms with Crippen molar-refractivity contribution in [3.63, 3.8) is 0 Å². The summed E-state index contributed by atoms with van der Waals surface area (Å²) in [5.41, 5.74) is 0. The van der Waals surface area contributed by atoms with Crippen LogP contribution in [0.2, 0.25) is 0 Å². The molecule has 1 heterocycles. The van der Waals surface area contributed by atoms with E-state index in [0.29, 0.717) is 6.42 Å². The van der Waals surface area contributed by atoms with Gasteiger partial charge in [0, 0.05) is 0 Å². The van der Waals surface area contributed by atoms with Gasteiger partial charge in [-0.05, 0) is 0 Å². The Kier molecular flexibility index (Phi) is 1.46. The molecule has 0 spiro atoms. The maximum atomic E-state index is 11.9. The van der Waals surface area contributed by atoms with E-state index in [0.717, 1.165) is 0 Å². The van der Waals surface area contributed by atoms with E-state index in [-0.39, 0.29) is 13.2 Å². The van der Waals surface area contributed by atoms with Gasteiger partial charge in [0.25, 0.3) is 0 Å². The van der Waals surface area contributed by atoms with Crippen molar-refractivity contribution in [1.29, 1.82) is 0 Å². The maximum absolute atomic E-state index is 11.9. The third-order valence-electron chi connectivity index (χ3n) is 0.869. The van der Waals surface area contributed by atoms with Crippen molar-refractivity contribution < 1.29 is 21.6 Å². The molecule has 6 heteroatoms. The average Bonchev–Trinajstić information content (AvgIpc) is 1.62. The molecule has 1 aliphatic heterocycles. The summed E-state index contributed by atoms with van der Waals surface area (Å²) in [6.45, 7) is -0.497. The molecule has 0 radical (unpaired) electrons. The molecular weight excluding hydrogens is 156 g/mol. The topological polar surface area (TPSA) is 18.5 Å². The van der Waals surface area contributed by atoms with E-state index in [9.17, 15) is 12.6 Å². The van der Waals surface area contributed by atoms with E-state index >= 15 is 0 Å². The minimum atomic E-state index is -6.54. The third-order valence-corrected chi connectivity index (χ3v) is 2.03. The average molecular weight is 162 g/mol. The van der Waals surface area contributed by atoms with Crippen molar-refractivity contribution in [2.24, 2.45) is 0 Å². The zero-order valence-electron chi connectivity index (χ0n) is 4.52. The molecule has 0 amide bonds. The Morgan fingerprint density at radius 3 is 1.67 bits per heavy atom. The van der Waals surface area contributed by atoms with E-state index in [2.05, 4.69) is 9.05 Å². The van der Waals surface area contributed by atoms with Crippen LogP contribution < -0.4 is 0 Å². The molecule has 1 fully saturated rings. The molecule has 0 N–H and O–H groups in total. The Balaban J connectivity index is 2.58. The second-order valence-electron chi connectivity index (χ2n) is 1.70. The molecule has 0 aromatic heterocycles. The van der Waals surface area contributed by atoms with Gasteiger partial charge in [-0.1, -0.05) is 0 Å². The van der Waals surface area contributed by atoms with Crippen molar-refractivity contribution in [2.75, 3.05) is 13.2 Å². The molecule has 0 atom stereocenters. The first kappa shape index (κ1) is 7.25. The van der Waals surface area contributed by atoms with Crippen LogP contribution >= 0.6 is 7.99 Å². The summed E-state index contributed by atoms with van der Waals surface area (Å²) in [5, 5.41) is 0. The van der Waals surface area contributed by atoms with Gasteiger partial charge in [0.2, 0.25) is 0 Å². The van der Waals surface area contributed by atoms with Crippen molar-refractivity contribution in [3.8, 4) is 0 Å². The number of hydrogen-bond donors (Lipinski definition) is 0. The van der Waals surface area contributed by atoms with Gasteiger partial charge in [-0.3, -0.25) is 0 Å². The van der Waals surface area contributed by atoms with E-state index in [1.165, 1.54) is 0 Å². The fourth-order valence-electron chi connectivity index (χ4n) is 0.507. The van der Waals surface area contributed by atoms with Gasteiger partial charge in [0.1, 0.15) is 0 Å². The predicted molar refractivity (Wildman–Crippen MR) is 26.8 cm³/mol. The van der Waals surface area contributed by atoms with Gasteiger partial charge in [-0.2, -0.15) is 0 Å². The minimum absolute atomic E-state index is 0.249. The summed E-state index contributed by atoms with van der Waals surface area (Å²) in [7, 11) is -6.54. The van der Waals surface area contributed by atoms with Crippen LogP contribution in [0, 0.1) is 0 Å². The molecule has 0 saturated carbocycles. The number of rotatable bonds is 0. The molecular formula is C3H6F3O2P. The SMILES string of the molecule is FP1(F)(F)OCCCO1. The van der Waals surface area contributed by atoms with Crippen LogP contribution in [0.5, 0.6) is 0 Å². The summed E-state index contributed by atoms with van der Waals surface area (Å²) in [6, 6.07) is 0. The molecule has 1 rings (SSSR count). The quantitative estimate of drug-likeness (QED) is 0.509. The van der Waals surface area contributed by atoms with Gasteiger partial charge in [0.05, 0.1) is 0 Å². The summed E-state index contributed by atoms with van der Waals surface area (Å²) >= 11 is 0. The Morgan fingerprint density at radius 2 is 1.44 bits per heavy atom. The standard InChI is InChI=1S/C3H6F3O2P/c4-9(5,6)7-2-1-3-8-9/h1-3H2. The molecule has 56 valence electrons. The summed E-state index contributed by atoms with van der Waals surface area (Å²) in [6.07, 6.45) is 0.329. The second kappa shape index (κ2) is 1.81. The molecule has 0 bridgehead atoms. The van der Waals surface area contributed by atoms with Crippen molar-refractivity contribution in [2.45, 2.75) is 6.42 Å². The van der Waals surface area contributed by atoms with Crippen LogP contribution in [-0.4, -0.2) is 13.2 Å². The van der Waals surface area contributed by atoms with E-state index in [4.69, 9.17) is 0 Å². The second-order valence-corrected chi connectivity index (χ2v) is 3.58. The van der Waals surface area contributed by atoms with Crippen LogP contribution in [0.4, 0.5) is 12.6 Å². The monoisotopic (exact) mass is 162 g/mol. The fourth-order valence-corrected chi connectivity index (χ4v) is 1.40. The van der Waals surface area contributed by atoms with Crippen molar-refractivity contribution in [1.82, 2.24) is 0 Å². The number of halogens is 3. The van der Waals surface area contributed by atoms with Crippen LogP contribution in [0.15, 0.2) is 0 Å². The van der Waals surface area contributed by atoms with Gasteiger partial charge >= 0.3 is 49.3 Å². The molecule has 0 aliphatic carbocycles. The van der Waals surface area contributed by atoms with Crippen LogP contribution in [0.25, 0.3) is 0 Å². The predicted octanol–water partition coefficient (Wildman–Crippen LogP) is 2.46. The zero-order valence-corrected chi connectivity index (χ0v) is 5.41. The molecule has 1 saturated heterocycles. The summed E-state index contributed by atoms with van der Waals surface area (Å²) < 4.78 is 42.9. The van der Waals surface area contributed by atoms with Crippen molar-refractivity contribution >= 4 is 7.99 Å².